The molecule has 0 aromatic heterocycles. The minimum absolute atomic E-state index is 0.0621. The lowest BCUT2D eigenvalue weighted by Gasteiger charge is -2.27. The molecule has 2 aliphatic heterocycles. The van der Waals surface area contributed by atoms with E-state index in [9.17, 15) is 24.0 Å². The first-order valence-corrected chi connectivity index (χ1v) is 20.5. The number of rotatable bonds is 37. The molecule has 4 rings (SSSR count). The van der Waals surface area contributed by atoms with Gasteiger partial charge in [0.25, 0.3) is 11.8 Å². The first-order chi connectivity index (χ1) is 30.0. The van der Waals surface area contributed by atoms with Crippen LogP contribution in [-0.2, 0) is 57.0 Å². The van der Waals surface area contributed by atoms with E-state index >= 15 is 0 Å². The van der Waals surface area contributed by atoms with Gasteiger partial charge in [-0.3, -0.25) is 34.2 Å². The number of piperidine rings is 1. The molecule has 1 fully saturated rings. The summed E-state index contributed by atoms with van der Waals surface area (Å²) in [7, 11) is 0. The zero-order valence-corrected chi connectivity index (χ0v) is 34.6. The van der Waals surface area contributed by atoms with Crippen LogP contribution in [0.5, 0.6) is 5.75 Å². The lowest BCUT2D eigenvalue weighted by molar-refractivity contribution is -0.136. The van der Waals surface area contributed by atoms with E-state index in [4.69, 9.17) is 52.1 Å². The van der Waals surface area contributed by atoms with Gasteiger partial charge in [0, 0.05) is 24.2 Å². The van der Waals surface area contributed by atoms with Gasteiger partial charge in [0.1, 0.15) is 24.7 Å². The number of amides is 4. The van der Waals surface area contributed by atoms with E-state index in [1.165, 1.54) is 0 Å². The molecule has 19 heteroatoms. The molecular formula is C42H59N3O16. The second-order valence-electron chi connectivity index (χ2n) is 13.3. The molecule has 0 bridgehead atoms. The number of aldehydes is 1. The normalized spacial score (nSPS) is 15.0. The molecule has 0 radical (unpaired) electrons. The number of nitrogens with one attached hydrogen (secondary N) is 2. The molecule has 19 nitrogen and oxygen atoms in total. The standard InChI is InChI=1S/C42H59N3O16/c46-32-33-4-6-34(7-5-33)61-31-30-60-29-28-59-27-26-58-25-24-57-23-22-56-21-20-55-19-18-54-17-16-53-15-14-52-13-12-51-11-10-43-36-3-1-2-35-39(36)42(50)45(41(35)49)37-8-9-38(47)44-40(37)48/h1-7,32,37,43H,8-31H2,(H,44,47,48). The Bertz CT molecular complexity index is 1600. The van der Waals surface area contributed by atoms with E-state index in [1.807, 2.05) is 0 Å². The summed E-state index contributed by atoms with van der Waals surface area (Å²) in [5.74, 6) is -1.49. The predicted octanol–water partition coefficient (Wildman–Crippen LogP) is 1.56. The van der Waals surface area contributed by atoms with Crippen molar-refractivity contribution in [3.8, 4) is 5.75 Å². The number of imide groups is 2. The van der Waals surface area contributed by atoms with Crippen LogP contribution in [0.15, 0.2) is 42.5 Å². The Morgan fingerprint density at radius 3 is 1.44 bits per heavy atom. The highest BCUT2D eigenvalue weighted by Gasteiger charge is 2.45. The summed E-state index contributed by atoms with van der Waals surface area (Å²) in [6, 6.07) is 10.8. The SMILES string of the molecule is O=Cc1ccc(OCCOCCOCCOCCOCCOCCOCCOCCOCCOCCOCCNc2cccc3c2C(=O)N(C2CCC(=O)NC2=O)C3=O)cc1. The lowest BCUT2D eigenvalue weighted by atomic mass is 10.0. The van der Waals surface area contributed by atoms with Gasteiger partial charge < -0.3 is 57.4 Å². The number of hydrogen-bond acceptors (Lipinski definition) is 17. The average Bonchev–Trinajstić information content (AvgIpc) is 3.52. The smallest absolute Gasteiger partial charge is 0.264 e. The minimum Gasteiger partial charge on any atom is -0.491 e. The summed E-state index contributed by atoms with van der Waals surface area (Å²) in [4.78, 5) is 61.6. The fourth-order valence-electron chi connectivity index (χ4n) is 5.86. The molecule has 0 spiro atoms. The molecule has 338 valence electrons. The van der Waals surface area contributed by atoms with E-state index < -0.39 is 29.7 Å². The molecule has 4 amide bonds. The Kier molecular flexibility index (Phi) is 24.7. The quantitative estimate of drug-likeness (QED) is 0.0560. The number of fused-ring (bicyclic) bond motifs is 1. The summed E-state index contributed by atoms with van der Waals surface area (Å²) in [6.45, 7) is 9.61. The van der Waals surface area contributed by atoms with Gasteiger partial charge in [-0.2, -0.15) is 0 Å². The monoisotopic (exact) mass is 861 g/mol. The summed E-state index contributed by atoms with van der Waals surface area (Å²) in [6.07, 6.45) is 0.952. The van der Waals surface area contributed by atoms with E-state index in [0.29, 0.717) is 162 Å². The highest BCUT2D eigenvalue weighted by Crippen LogP contribution is 2.32. The number of nitrogens with zero attached hydrogens (tertiary/aromatic N) is 1. The molecule has 0 aliphatic carbocycles. The number of hydrogen-bond donors (Lipinski definition) is 2. The molecule has 2 heterocycles. The van der Waals surface area contributed by atoms with Crippen molar-refractivity contribution in [1.82, 2.24) is 10.2 Å². The van der Waals surface area contributed by atoms with Crippen molar-refractivity contribution < 1.29 is 76.1 Å². The number of ether oxygens (including phenoxy) is 11. The van der Waals surface area contributed by atoms with Crippen molar-refractivity contribution in [2.24, 2.45) is 0 Å². The average molecular weight is 862 g/mol. The van der Waals surface area contributed by atoms with E-state index in [0.717, 1.165) is 11.2 Å². The Hall–Kier alpha value is -4.41. The fourth-order valence-corrected chi connectivity index (χ4v) is 5.86. The molecule has 2 aromatic rings. The second-order valence-corrected chi connectivity index (χ2v) is 13.3. The number of benzene rings is 2. The van der Waals surface area contributed by atoms with E-state index in [2.05, 4.69) is 10.6 Å². The fraction of sp³-hybridized carbons (Fsp3) is 0.595. The molecule has 0 saturated carbocycles. The Balaban J connectivity index is 0.813. The maximum absolute atomic E-state index is 13.2. The Morgan fingerprint density at radius 2 is 1.00 bits per heavy atom. The third kappa shape index (κ3) is 19.0. The molecule has 61 heavy (non-hydrogen) atoms. The summed E-state index contributed by atoms with van der Waals surface area (Å²) >= 11 is 0. The van der Waals surface area contributed by atoms with Crippen LogP contribution in [-0.4, -0.2) is 186 Å². The molecule has 2 N–H and O–H groups in total. The van der Waals surface area contributed by atoms with Gasteiger partial charge in [0.05, 0.1) is 143 Å². The van der Waals surface area contributed by atoms with Crippen molar-refractivity contribution in [1.29, 1.82) is 0 Å². The first kappa shape index (κ1) is 49.2. The van der Waals surface area contributed by atoms with Crippen LogP contribution in [0.3, 0.4) is 0 Å². The number of anilines is 1. The van der Waals surface area contributed by atoms with Gasteiger partial charge in [-0.15, -0.1) is 0 Å². The molecule has 2 aromatic carbocycles. The maximum atomic E-state index is 13.2. The minimum atomic E-state index is -1.01. The van der Waals surface area contributed by atoms with Crippen molar-refractivity contribution in [2.75, 3.05) is 151 Å². The largest absolute Gasteiger partial charge is 0.491 e. The highest BCUT2D eigenvalue weighted by atomic mass is 16.6. The van der Waals surface area contributed by atoms with Gasteiger partial charge in [-0.1, -0.05) is 6.07 Å². The Labute approximate surface area is 355 Å². The van der Waals surface area contributed by atoms with E-state index in [1.54, 1.807) is 42.5 Å². The van der Waals surface area contributed by atoms with Crippen molar-refractivity contribution >= 4 is 35.6 Å². The van der Waals surface area contributed by atoms with Crippen LogP contribution in [0.1, 0.15) is 43.9 Å². The molecule has 1 unspecified atom stereocenters. The molecule has 1 saturated heterocycles. The first-order valence-electron chi connectivity index (χ1n) is 20.5. The van der Waals surface area contributed by atoms with Crippen LogP contribution < -0.4 is 15.4 Å². The zero-order chi connectivity index (χ0) is 43.2. The summed E-state index contributed by atoms with van der Waals surface area (Å²) in [5.41, 5.74) is 1.50. The van der Waals surface area contributed by atoms with Crippen molar-refractivity contribution in [3.05, 3.63) is 59.2 Å². The van der Waals surface area contributed by atoms with Gasteiger partial charge in [0.15, 0.2) is 0 Å². The topological polar surface area (TPSA) is 214 Å². The molecule has 1 atom stereocenters. The van der Waals surface area contributed by atoms with Crippen LogP contribution >= 0.6 is 0 Å². The third-order valence-electron chi connectivity index (χ3n) is 8.89. The van der Waals surface area contributed by atoms with Crippen LogP contribution in [0.4, 0.5) is 5.69 Å². The van der Waals surface area contributed by atoms with Gasteiger partial charge in [-0.25, -0.2) is 0 Å². The van der Waals surface area contributed by atoms with E-state index in [-0.39, 0.29) is 24.0 Å². The highest BCUT2D eigenvalue weighted by molar-refractivity contribution is 6.25. The molecular weight excluding hydrogens is 802 g/mol. The summed E-state index contributed by atoms with van der Waals surface area (Å²) in [5, 5.41) is 5.33. The summed E-state index contributed by atoms with van der Waals surface area (Å²) < 4.78 is 60.6. The predicted molar refractivity (Wildman–Crippen MR) is 217 cm³/mol. The Morgan fingerprint density at radius 1 is 0.557 bits per heavy atom. The maximum Gasteiger partial charge on any atom is 0.264 e. The van der Waals surface area contributed by atoms with Crippen LogP contribution in [0.2, 0.25) is 0 Å². The van der Waals surface area contributed by atoms with Crippen molar-refractivity contribution in [2.45, 2.75) is 18.9 Å². The van der Waals surface area contributed by atoms with Gasteiger partial charge in [0.2, 0.25) is 11.8 Å². The second kappa shape index (κ2) is 30.6. The van der Waals surface area contributed by atoms with Crippen molar-refractivity contribution in [3.63, 3.8) is 0 Å². The van der Waals surface area contributed by atoms with Gasteiger partial charge in [-0.05, 0) is 42.8 Å². The number of carbonyl (C=O) groups is 5. The zero-order valence-electron chi connectivity index (χ0n) is 34.6. The number of carbonyl (C=O) groups excluding carboxylic acids is 5. The van der Waals surface area contributed by atoms with Crippen LogP contribution in [0, 0.1) is 0 Å². The third-order valence-corrected chi connectivity index (χ3v) is 8.89. The van der Waals surface area contributed by atoms with Crippen LogP contribution in [0.25, 0.3) is 0 Å². The van der Waals surface area contributed by atoms with Gasteiger partial charge >= 0.3 is 0 Å². The molecule has 2 aliphatic rings. The lowest BCUT2D eigenvalue weighted by Crippen LogP contribution is -2.54.